The van der Waals surface area contributed by atoms with Crippen molar-refractivity contribution in [1.82, 2.24) is 10.2 Å². The molecular weight excluding hydrogens is 212 g/mol. The van der Waals surface area contributed by atoms with Gasteiger partial charge in [-0.1, -0.05) is 6.92 Å². The van der Waals surface area contributed by atoms with E-state index in [1.165, 1.54) is 32.2 Å². The van der Waals surface area contributed by atoms with Gasteiger partial charge in [0.2, 0.25) is 0 Å². The first-order valence-electron chi connectivity index (χ1n) is 7.18. The fraction of sp³-hybridized carbons (Fsp3) is 1.00. The van der Waals surface area contributed by atoms with Gasteiger partial charge >= 0.3 is 0 Å². The lowest BCUT2D eigenvalue weighted by Gasteiger charge is -2.37. The molecule has 0 amide bonds. The lowest BCUT2D eigenvalue weighted by molar-refractivity contribution is 0.122. The molecule has 0 saturated carbocycles. The number of rotatable bonds is 6. The molecule has 1 N–H and O–H groups in total. The molecule has 3 unspecified atom stereocenters. The van der Waals surface area contributed by atoms with Crippen LogP contribution in [0.3, 0.4) is 0 Å². The Morgan fingerprint density at radius 1 is 1.29 bits per heavy atom. The molecule has 2 saturated heterocycles. The van der Waals surface area contributed by atoms with E-state index in [0.717, 1.165) is 31.0 Å². The highest BCUT2D eigenvalue weighted by Gasteiger charge is 2.38. The molecule has 3 atom stereocenters. The van der Waals surface area contributed by atoms with Gasteiger partial charge in [0.25, 0.3) is 0 Å². The Bertz CT molecular complexity index is 220. The van der Waals surface area contributed by atoms with Crippen LogP contribution < -0.4 is 5.32 Å². The van der Waals surface area contributed by atoms with Gasteiger partial charge in [0.05, 0.1) is 6.61 Å². The summed E-state index contributed by atoms with van der Waals surface area (Å²) in [6.45, 7) is 4.26. The average molecular weight is 240 g/mol. The van der Waals surface area contributed by atoms with E-state index in [4.69, 9.17) is 4.74 Å². The maximum Gasteiger partial charge on any atom is 0.0615 e. The average Bonchev–Trinajstić information content (AvgIpc) is 2.56. The summed E-state index contributed by atoms with van der Waals surface area (Å²) in [5, 5.41) is 3.68. The smallest absolute Gasteiger partial charge is 0.0615 e. The Hall–Kier alpha value is -0.120. The van der Waals surface area contributed by atoms with Crippen molar-refractivity contribution in [2.24, 2.45) is 5.92 Å². The molecule has 2 aliphatic heterocycles. The molecule has 0 aromatic rings. The predicted octanol–water partition coefficient (Wildman–Crippen LogP) is 1.87. The molecule has 2 fully saturated rings. The van der Waals surface area contributed by atoms with Crippen LogP contribution in [0.1, 0.15) is 39.0 Å². The van der Waals surface area contributed by atoms with Crippen LogP contribution in [0, 0.1) is 5.92 Å². The summed E-state index contributed by atoms with van der Waals surface area (Å²) in [6.07, 6.45) is 6.79. The van der Waals surface area contributed by atoms with Gasteiger partial charge in [-0.3, -0.25) is 0 Å². The van der Waals surface area contributed by atoms with Crippen molar-refractivity contribution in [2.75, 3.05) is 27.3 Å². The lowest BCUT2D eigenvalue weighted by atomic mass is 9.91. The number of nitrogens with zero attached hydrogens (tertiary/aromatic N) is 1. The van der Waals surface area contributed by atoms with E-state index in [-0.39, 0.29) is 0 Å². The fourth-order valence-corrected chi connectivity index (χ4v) is 3.55. The number of methoxy groups -OCH3 is 1. The van der Waals surface area contributed by atoms with Gasteiger partial charge in [-0.05, 0) is 51.6 Å². The lowest BCUT2D eigenvalue weighted by Crippen LogP contribution is -2.44. The quantitative estimate of drug-likeness (QED) is 0.767. The van der Waals surface area contributed by atoms with Gasteiger partial charge in [0, 0.05) is 25.2 Å². The summed E-state index contributed by atoms with van der Waals surface area (Å²) in [7, 11) is 4.10. The molecule has 17 heavy (non-hydrogen) atoms. The topological polar surface area (TPSA) is 24.5 Å². The number of fused-ring (bicyclic) bond motifs is 2. The number of hydrogen-bond acceptors (Lipinski definition) is 3. The zero-order valence-electron chi connectivity index (χ0n) is 11.6. The van der Waals surface area contributed by atoms with Crippen LogP contribution in [0.15, 0.2) is 0 Å². The third-order valence-corrected chi connectivity index (χ3v) is 4.75. The van der Waals surface area contributed by atoms with Gasteiger partial charge in [-0.2, -0.15) is 0 Å². The summed E-state index contributed by atoms with van der Waals surface area (Å²) in [5.41, 5.74) is 0. The zero-order chi connectivity index (χ0) is 12.3. The van der Waals surface area contributed by atoms with E-state index in [1.807, 2.05) is 0 Å². The van der Waals surface area contributed by atoms with E-state index in [1.54, 1.807) is 7.11 Å². The van der Waals surface area contributed by atoms with Gasteiger partial charge in [0.15, 0.2) is 0 Å². The molecular formula is C14H28N2O. The third-order valence-electron chi connectivity index (χ3n) is 4.75. The number of piperidine rings is 1. The minimum Gasteiger partial charge on any atom is -0.383 e. The highest BCUT2D eigenvalue weighted by Crippen LogP contribution is 2.37. The maximum atomic E-state index is 5.24. The number of ether oxygens (including phenoxy) is 1. The molecule has 2 aliphatic rings. The van der Waals surface area contributed by atoms with Crippen LogP contribution in [0.5, 0.6) is 0 Å². The molecule has 2 bridgehead atoms. The first-order chi connectivity index (χ1) is 8.24. The summed E-state index contributed by atoms with van der Waals surface area (Å²) in [5.74, 6) is 0.884. The molecule has 3 nitrogen and oxygen atoms in total. The number of nitrogens with one attached hydrogen (secondary N) is 1. The standard InChI is InChI=1S/C14H28N2O/c1-4-12(10-17-3)15-9-11-7-13-5-6-14(8-11)16(13)2/h11-15H,4-10H2,1-3H3. The molecule has 0 aliphatic carbocycles. The monoisotopic (exact) mass is 240 g/mol. The van der Waals surface area contributed by atoms with Crippen LogP contribution in [0.2, 0.25) is 0 Å². The van der Waals surface area contributed by atoms with Crippen molar-refractivity contribution >= 4 is 0 Å². The number of hydrogen-bond donors (Lipinski definition) is 1. The summed E-state index contributed by atoms with van der Waals surface area (Å²) in [4.78, 5) is 2.61. The Kier molecular flexibility index (Phi) is 4.83. The molecule has 0 radical (unpaired) electrons. The van der Waals surface area contributed by atoms with Gasteiger partial charge < -0.3 is 15.0 Å². The van der Waals surface area contributed by atoms with Crippen molar-refractivity contribution in [3.05, 3.63) is 0 Å². The molecule has 2 heterocycles. The highest BCUT2D eigenvalue weighted by atomic mass is 16.5. The SMILES string of the molecule is CCC(COC)NCC1CC2CCC(C1)N2C. The summed E-state index contributed by atoms with van der Waals surface area (Å²) in [6, 6.07) is 2.27. The largest absolute Gasteiger partial charge is 0.383 e. The van der Waals surface area contributed by atoms with Crippen molar-refractivity contribution < 1.29 is 4.74 Å². The second kappa shape index (κ2) is 6.17. The Labute approximate surface area is 106 Å². The van der Waals surface area contributed by atoms with Crippen molar-refractivity contribution in [3.8, 4) is 0 Å². The Morgan fingerprint density at radius 2 is 1.94 bits per heavy atom. The van der Waals surface area contributed by atoms with Crippen LogP contribution in [0.4, 0.5) is 0 Å². The molecule has 0 aromatic heterocycles. The van der Waals surface area contributed by atoms with Crippen LogP contribution >= 0.6 is 0 Å². The second-order valence-electron chi connectivity index (χ2n) is 5.86. The van der Waals surface area contributed by atoms with E-state index >= 15 is 0 Å². The van der Waals surface area contributed by atoms with Crippen LogP contribution in [-0.4, -0.2) is 50.3 Å². The van der Waals surface area contributed by atoms with Gasteiger partial charge in [-0.15, -0.1) is 0 Å². The zero-order valence-corrected chi connectivity index (χ0v) is 11.6. The van der Waals surface area contributed by atoms with Crippen LogP contribution in [-0.2, 0) is 4.74 Å². The van der Waals surface area contributed by atoms with E-state index < -0.39 is 0 Å². The second-order valence-corrected chi connectivity index (χ2v) is 5.86. The van der Waals surface area contributed by atoms with Crippen molar-refractivity contribution in [3.63, 3.8) is 0 Å². The molecule has 2 rings (SSSR count). The molecule has 0 spiro atoms. The minimum atomic E-state index is 0.539. The maximum absolute atomic E-state index is 5.24. The molecule has 100 valence electrons. The third kappa shape index (κ3) is 3.21. The van der Waals surface area contributed by atoms with E-state index in [2.05, 4.69) is 24.2 Å². The predicted molar refractivity (Wildman–Crippen MR) is 71.3 cm³/mol. The fourth-order valence-electron chi connectivity index (χ4n) is 3.55. The van der Waals surface area contributed by atoms with Crippen molar-refractivity contribution in [2.45, 2.75) is 57.2 Å². The molecule has 3 heteroatoms. The summed E-state index contributed by atoms with van der Waals surface area (Å²) >= 11 is 0. The Morgan fingerprint density at radius 3 is 2.47 bits per heavy atom. The highest BCUT2D eigenvalue weighted by molar-refractivity contribution is 4.94. The van der Waals surface area contributed by atoms with Crippen molar-refractivity contribution in [1.29, 1.82) is 0 Å². The minimum absolute atomic E-state index is 0.539. The normalized spacial score (nSPS) is 35.1. The Balaban J connectivity index is 1.73. The van der Waals surface area contributed by atoms with Gasteiger partial charge in [0.1, 0.15) is 0 Å². The summed E-state index contributed by atoms with van der Waals surface area (Å²) < 4.78 is 5.24. The van der Waals surface area contributed by atoms with Crippen LogP contribution in [0.25, 0.3) is 0 Å². The first-order valence-corrected chi connectivity index (χ1v) is 7.18. The van der Waals surface area contributed by atoms with Gasteiger partial charge in [-0.25, -0.2) is 0 Å². The van der Waals surface area contributed by atoms with E-state index in [0.29, 0.717) is 6.04 Å². The first kappa shape index (κ1) is 13.3. The van der Waals surface area contributed by atoms with E-state index in [9.17, 15) is 0 Å². The molecule has 0 aromatic carbocycles.